The van der Waals surface area contributed by atoms with Crippen molar-refractivity contribution in [3.63, 3.8) is 0 Å². The molecule has 0 radical (unpaired) electrons. The maximum atomic E-state index is 5.87. The first-order chi connectivity index (χ1) is 8.34. The largest absolute Gasteiger partial charge is 0.399 e. The number of benzene rings is 1. The van der Waals surface area contributed by atoms with E-state index in [1.54, 1.807) is 0 Å². The lowest BCUT2D eigenvalue weighted by Gasteiger charge is -2.16. The van der Waals surface area contributed by atoms with Crippen molar-refractivity contribution in [1.82, 2.24) is 9.78 Å². The second-order valence-electron chi connectivity index (χ2n) is 5.05. The van der Waals surface area contributed by atoms with Gasteiger partial charge in [-0.1, -0.05) is 25.7 Å². The van der Waals surface area contributed by atoms with Crippen molar-refractivity contribution in [2.45, 2.75) is 44.6 Å². The van der Waals surface area contributed by atoms with Crippen LogP contribution in [0.4, 0.5) is 5.69 Å². The van der Waals surface area contributed by atoms with Gasteiger partial charge in [0, 0.05) is 11.1 Å². The van der Waals surface area contributed by atoms with Gasteiger partial charge in [0.25, 0.3) is 0 Å². The van der Waals surface area contributed by atoms with Crippen LogP contribution in [0.2, 0.25) is 0 Å². The summed E-state index contributed by atoms with van der Waals surface area (Å²) in [5.74, 6) is 0. The smallest absolute Gasteiger partial charge is 0.0706 e. The molecule has 3 nitrogen and oxygen atoms in total. The number of rotatable bonds is 1. The second-order valence-corrected chi connectivity index (χ2v) is 5.05. The molecule has 90 valence electrons. The monoisotopic (exact) mass is 229 g/mol. The van der Waals surface area contributed by atoms with Crippen LogP contribution in [0.15, 0.2) is 24.4 Å². The minimum absolute atomic E-state index is 0.566. The maximum Gasteiger partial charge on any atom is 0.0706 e. The van der Waals surface area contributed by atoms with Gasteiger partial charge in [-0.3, -0.25) is 4.68 Å². The normalized spacial score (nSPS) is 18.4. The molecule has 1 aliphatic rings. The highest BCUT2D eigenvalue weighted by atomic mass is 15.3. The van der Waals surface area contributed by atoms with Crippen molar-refractivity contribution >= 4 is 16.6 Å². The minimum Gasteiger partial charge on any atom is -0.399 e. The van der Waals surface area contributed by atoms with E-state index in [-0.39, 0.29) is 0 Å². The summed E-state index contributed by atoms with van der Waals surface area (Å²) < 4.78 is 2.19. The Kier molecular flexibility index (Phi) is 2.75. The summed E-state index contributed by atoms with van der Waals surface area (Å²) in [6.45, 7) is 0. The van der Waals surface area contributed by atoms with Crippen LogP contribution in [-0.4, -0.2) is 9.78 Å². The van der Waals surface area contributed by atoms with Crippen LogP contribution in [0.25, 0.3) is 10.9 Å². The molecular formula is C14H19N3. The first-order valence-electron chi connectivity index (χ1n) is 6.57. The standard InChI is InChI=1S/C14H19N3/c15-12-8-7-11-10-16-17(14(11)9-12)13-5-3-1-2-4-6-13/h7-10,13H,1-6,15H2. The summed E-state index contributed by atoms with van der Waals surface area (Å²) in [5, 5.41) is 5.76. The summed E-state index contributed by atoms with van der Waals surface area (Å²) in [6.07, 6.45) is 9.87. The predicted octanol–water partition coefficient (Wildman–Crippen LogP) is 3.51. The molecule has 1 fully saturated rings. The number of fused-ring (bicyclic) bond motifs is 1. The van der Waals surface area contributed by atoms with E-state index in [1.165, 1.54) is 49.4 Å². The Morgan fingerprint density at radius 2 is 1.88 bits per heavy atom. The Morgan fingerprint density at radius 3 is 2.65 bits per heavy atom. The molecule has 0 unspecified atom stereocenters. The molecule has 17 heavy (non-hydrogen) atoms. The average molecular weight is 229 g/mol. The Bertz CT molecular complexity index is 507. The Morgan fingerprint density at radius 1 is 1.12 bits per heavy atom. The van der Waals surface area contributed by atoms with E-state index in [0.717, 1.165) is 5.69 Å². The highest BCUT2D eigenvalue weighted by Crippen LogP contribution is 2.30. The molecule has 3 rings (SSSR count). The number of nitrogens with zero attached hydrogens (tertiary/aromatic N) is 2. The van der Waals surface area contributed by atoms with Gasteiger partial charge in [-0.05, 0) is 31.0 Å². The number of hydrogen-bond acceptors (Lipinski definition) is 2. The molecule has 0 atom stereocenters. The Labute approximate surface area is 102 Å². The van der Waals surface area contributed by atoms with Crippen LogP contribution in [0, 0.1) is 0 Å². The fraction of sp³-hybridized carbons (Fsp3) is 0.500. The summed E-state index contributed by atoms with van der Waals surface area (Å²) in [5.41, 5.74) is 7.89. The maximum absolute atomic E-state index is 5.87. The third-order valence-corrected chi connectivity index (χ3v) is 3.79. The van der Waals surface area contributed by atoms with Crippen LogP contribution >= 0.6 is 0 Å². The SMILES string of the molecule is Nc1ccc2cnn(C3CCCCCC3)c2c1. The first kappa shape index (κ1) is 10.6. The third kappa shape index (κ3) is 2.02. The number of aromatic nitrogens is 2. The van der Waals surface area contributed by atoms with Crippen molar-refractivity contribution in [1.29, 1.82) is 0 Å². The van der Waals surface area contributed by atoms with E-state index in [1.807, 2.05) is 18.3 Å². The van der Waals surface area contributed by atoms with E-state index < -0.39 is 0 Å². The van der Waals surface area contributed by atoms with E-state index in [4.69, 9.17) is 5.73 Å². The third-order valence-electron chi connectivity index (χ3n) is 3.79. The highest BCUT2D eigenvalue weighted by molar-refractivity contribution is 5.81. The molecule has 3 heteroatoms. The van der Waals surface area contributed by atoms with Crippen molar-refractivity contribution in [3.05, 3.63) is 24.4 Å². The van der Waals surface area contributed by atoms with Crippen LogP contribution < -0.4 is 5.73 Å². The average Bonchev–Trinajstić information content (AvgIpc) is 2.58. The molecule has 0 spiro atoms. The molecule has 0 aliphatic heterocycles. The second kappa shape index (κ2) is 4.40. The van der Waals surface area contributed by atoms with Crippen LogP contribution in [-0.2, 0) is 0 Å². The lowest BCUT2D eigenvalue weighted by atomic mass is 10.1. The summed E-state index contributed by atoms with van der Waals surface area (Å²) in [6, 6.07) is 6.62. The molecule has 0 saturated heterocycles. The highest BCUT2D eigenvalue weighted by Gasteiger charge is 2.16. The van der Waals surface area contributed by atoms with E-state index in [0.29, 0.717) is 6.04 Å². The van der Waals surface area contributed by atoms with Crippen molar-refractivity contribution in [2.24, 2.45) is 0 Å². The molecule has 1 aromatic carbocycles. The zero-order valence-electron chi connectivity index (χ0n) is 10.1. The summed E-state index contributed by atoms with van der Waals surface area (Å²) in [4.78, 5) is 0. The Hall–Kier alpha value is -1.51. The van der Waals surface area contributed by atoms with Gasteiger partial charge in [0.1, 0.15) is 0 Å². The number of anilines is 1. The van der Waals surface area contributed by atoms with Crippen molar-refractivity contribution in [2.75, 3.05) is 5.73 Å². The van der Waals surface area contributed by atoms with Crippen LogP contribution in [0.1, 0.15) is 44.6 Å². The predicted molar refractivity (Wildman–Crippen MR) is 70.9 cm³/mol. The molecule has 2 aromatic rings. The van der Waals surface area contributed by atoms with Crippen molar-refractivity contribution < 1.29 is 0 Å². The minimum atomic E-state index is 0.566. The quantitative estimate of drug-likeness (QED) is 0.600. The summed E-state index contributed by atoms with van der Waals surface area (Å²) in [7, 11) is 0. The van der Waals surface area contributed by atoms with E-state index in [9.17, 15) is 0 Å². The molecule has 1 aliphatic carbocycles. The number of nitrogens with two attached hydrogens (primary N) is 1. The molecule has 0 amide bonds. The van der Waals surface area contributed by atoms with Gasteiger partial charge in [-0.2, -0.15) is 5.10 Å². The van der Waals surface area contributed by atoms with Crippen LogP contribution in [0.5, 0.6) is 0 Å². The first-order valence-corrected chi connectivity index (χ1v) is 6.57. The van der Waals surface area contributed by atoms with Gasteiger partial charge in [0.2, 0.25) is 0 Å². The topological polar surface area (TPSA) is 43.8 Å². The van der Waals surface area contributed by atoms with Gasteiger partial charge in [-0.25, -0.2) is 0 Å². The van der Waals surface area contributed by atoms with Gasteiger partial charge >= 0.3 is 0 Å². The lowest BCUT2D eigenvalue weighted by Crippen LogP contribution is -2.09. The van der Waals surface area contributed by atoms with Gasteiger partial charge in [0.05, 0.1) is 17.8 Å². The zero-order chi connectivity index (χ0) is 11.7. The van der Waals surface area contributed by atoms with E-state index >= 15 is 0 Å². The number of hydrogen-bond donors (Lipinski definition) is 1. The molecular weight excluding hydrogens is 210 g/mol. The fourth-order valence-corrected chi connectivity index (χ4v) is 2.85. The molecule has 1 aromatic heterocycles. The zero-order valence-corrected chi connectivity index (χ0v) is 10.1. The van der Waals surface area contributed by atoms with E-state index in [2.05, 4.69) is 15.8 Å². The molecule has 1 heterocycles. The lowest BCUT2D eigenvalue weighted by molar-refractivity contribution is 0.417. The van der Waals surface area contributed by atoms with Gasteiger partial charge in [-0.15, -0.1) is 0 Å². The molecule has 1 saturated carbocycles. The van der Waals surface area contributed by atoms with Gasteiger partial charge < -0.3 is 5.73 Å². The van der Waals surface area contributed by atoms with Gasteiger partial charge in [0.15, 0.2) is 0 Å². The number of nitrogen functional groups attached to an aromatic ring is 1. The summed E-state index contributed by atoms with van der Waals surface area (Å²) >= 11 is 0. The Balaban J connectivity index is 2.00. The van der Waals surface area contributed by atoms with Crippen molar-refractivity contribution in [3.8, 4) is 0 Å². The molecule has 2 N–H and O–H groups in total. The fourth-order valence-electron chi connectivity index (χ4n) is 2.85. The van der Waals surface area contributed by atoms with Crippen LogP contribution in [0.3, 0.4) is 0 Å². The molecule has 0 bridgehead atoms.